The number of nitrogens with zero attached hydrogens (tertiary/aromatic N) is 1. The number of rotatable bonds is 2. The Morgan fingerprint density at radius 2 is 2.15 bits per heavy atom. The van der Waals surface area contributed by atoms with Gasteiger partial charge in [-0.3, -0.25) is 9.69 Å². The van der Waals surface area contributed by atoms with Crippen LogP contribution in [0.25, 0.3) is 0 Å². The van der Waals surface area contributed by atoms with Crippen molar-refractivity contribution in [1.29, 1.82) is 0 Å². The van der Waals surface area contributed by atoms with Crippen LogP contribution < -0.4 is 0 Å². The highest BCUT2D eigenvalue weighted by molar-refractivity contribution is 5.76. The van der Waals surface area contributed by atoms with Gasteiger partial charge in [0.1, 0.15) is 6.04 Å². The number of likely N-dealkylation sites (tertiary alicyclic amines) is 1. The number of ether oxygens (including phenoxy) is 1. The second-order valence-corrected chi connectivity index (χ2v) is 4.07. The van der Waals surface area contributed by atoms with Gasteiger partial charge >= 0.3 is 5.97 Å². The monoisotopic (exact) mass is 185 g/mol. The van der Waals surface area contributed by atoms with Crippen LogP contribution in [0.1, 0.15) is 27.2 Å². The third-order valence-electron chi connectivity index (χ3n) is 2.84. The quantitative estimate of drug-likeness (QED) is 0.607. The van der Waals surface area contributed by atoms with E-state index >= 15 is 0 Å². The average Bonchev–Trinajstić information content (AvgIpc) is 2.46. The molecule has 0 bridgehead atoms. The Morgan fingerprint density at radius 3 is 2.62 bits per heavy atom. The van der Waals surface area contributed by atoms with Gasteiger partial charge in [0.25, 0.3) is 0 Å². The van der Waals surface area contributed by atoms with Crippen LogP contribution in [-0.4, -0.2) is 36.6 Å². The highest BCUT2D eigenvalue weighted by Gasteiger charge is 2.38. The molecule has 1 aliphatic rings. The van der Waals surface area contributed by atoms with E-state index in [1.165, 1.54) is 7.11 Å². The van der Waals surface area contributed by atoms with Gasteiger partial charge in [-0.15, -0.1) is 0 Å². The first-order chi connectivity index (χ1) is 6.07. The van der Waals surface area contributed by atoms with Gasteiger partial charge in [0.15, 0.2) is 0 Å². The third kappa shape index (κ3) is 2.02. The summed E-state index contributed by atoms with van der Waals surface area (Å²) < 4.78 is 4.80. The Bertz CT molecular complexity index is 191. The van der Waals surface area contributed by atoms with Gasteiger partial charge in [0.05, 0.1) is 7.11 Å². The van der Waals surface area contributed by atoms with Crippen LogP contribution in [0.5, 0.6) is 0 Å². The first-order valence-corrected chi connectivity index (χ1v) is 4.91. The summed E-state index contributed by atoms with van der Waals surface area (Å²) in [6.45, 7) is 7.37. The summed E-state index contributed by atoms with van der Waals surface area (Å²) in [5, 5.41) is 0. The van der Waals surface area contributed by atoms with Gasteiger partial charge in [0, 0.05) is 6.04 Å². The highest BCUT2D eigenvalue weighted by atomic mass is 16.5. The summed E-state index contributed by atoms with van der Waals surface area (Å²) >= 11 is 0. The van der Waals surface area contributed by atoms with Crippen LogP contribution in [0.4, 0.5) is 0 Å². The maximum Gasteiger partial charge on any atom is 0.323 e. The van der Waals surface area contributed by atoms with Crippen LogP contribution in [0.3, 0.4) is 0 Å². The maximum absolute atomic E-state index is 11.5. The zero-order chi connectivity index (χ0) is 10.0. The number of esters is 1. The van der Waals surface area contributed by atoms with Gasteiger partial charge in [-0.05, 0) is 32.7 Å². The zero-order valence-electron chi connectivity index (χ0n) is 8.91. The van der Waals surface area contributed by atoms with E-state index in [0.717, 1.165) is 13.0 Å². The number of carbonyl (C=O) groups excluding carboxylic acids is 1. The van der Waals surface area contributed by atoms with Gasteiger partial charge in [-0.2, -0.15) is 0 Å². The Kier molecular flexibility index (Phi) is 3.31. The van der Waals surface area contributed by atoms with Crippen LogP contribution in [0.15, 0.2) is 0 Å². The fourth-order valence-electron chi connectivity index (χ4n) is 2.04. The van der Waals surface area contributed by atoms with Crippen molar-refractivity contribution < 1.29 is 9.53 Å². The van der Waals surface area contributed by atoms with E-state index in [0.29, 0.717) is 12.0 Å². The minimum absolute atomic E-state index is 0.0231. The van der Waals surface area contributed by atoms with E-state index < -0.39 is 0 Å². The molecule has 0 spiro atoms. The summed E-state index contributed by atoms with van der Waals surface area (Å²) in [5.74, 6) is 0.341. The number of methoxy groups -OCH3 is 1. The smallest absolute Gasteiger partial charge is 0.323 e. The molecule has 1 saturated heterocycles. The molecule has 3 heteroatoms. The van der Waals surface area contributed by atoms with Gasteiger partial charge < -0.3 is 4.74 Å². The Balaban J connectivity index is 2.71. The number of hydrogen-bond acceptors (Lipinski definition) is 3. The molecule has 0 aromatic carbocycles. The Morgan fingerprint density at radius 1 is 1.54 bits per heavy atom. The summed E-state index contributed by atoms with van der Waals surface area (Å²) in [4.78, 5) is 13.7. The molecule has 76 valence electrons. The molecule has 0 N–H and O–H groups in total. The fourth-order valence-corrected chi connectivity index (χ4v) is 2.04. The third-order valence-corrected chi connectivity index (χ3v) is 2.84. The van der Waals surface area contributed by atoms with Crippen molar-refractivity contribution in [3.63, 3.8) is 0 Å². The van der Waals surface area contributed by atoms with Gasteiger partial charge in [0.2, 0.25) is 0 Å². The second kappa shape index (κ2) is 4.09. The predicted molar refractivity (Wildman–Crippen MR) is 51.4 cm³/mol. The zero-order valence-corrected chi connectivity index (χ0v) is 8.91. The van der Waals surface area contributed by atoms with Gasteiger partial charge in [-0.25, -0.2) is 0 Å². The molecule has 1 aliphatic heterocycles. The molecule has 1 heterocycles. The lowest BCUT2D eigenvalue weighted by atomic mass is 10.0. The molecule has 0 saturated carbocycles. The molecule has 0 amide bonds. The topological polar surface area (TPSA) is 29.5 Å². The largest absolute Gasteiger partial charge is 0.468 e. The molecule has 0 aromatic rings. The summed E-state index contributed by atoms with van der Waals surface area (Å²) in [6.07, 6.45) is 1.10. The summed E-state index contributed by atoms with van der Waals surface area (Å²) in [5.41, 5.74) is 0. The van der Waals surface area contributed by atoms with E-state index in [9.17, 15) is 4.79 Å². The molecule has 2 atom stereocenters. The summed E-state index contributed by atoms with van der Waals surface area (Å²) in [7, 11) is 1.46. The van der Waals surface area contributed by atoms with E-state index in [1.54, 1.807) is 0 Å². The molecule has 0 aromatic heterocycles. The van der Waals surface area contributed by atoms with Crippen LogP contribution in [0.2, 0.25) is 0 Å². The second-order valence-electron chi connectivity index (χ2n) is 4.07. The molecule has 3 nitrogen and oxygen atoms in total. The van der Waals surface area contributed by atoms with Crippen molar-refractivity contribution in [2.45, 2.75) is 39.3 Å². The minimum Gasteiger partial charge on any atom is -0.468 e. The van der Waals surface area contributed by atoms with Crippen LogP contribution in [0, 0.1) is 5.92 Å². The van der Waals surface area contributed by atoms with E-state index in [4.69, 9.17) is 4.74 Å². The van der Waals surface area contributed by atoms with Crippen molar-refractivity contribution in [3.05, 3.63) is 0 Å². The standard InChI is InChI=1S/C10H19NO2/c1-7(2)11-6-5-8(3)9(11)10(12)13-4/h7-9H,5-6H2,1-4H3. The number of hydrogen-bond donors (Lipinski definition) is 0. The van der Waals surface area contributed by atoms with E-state index in [2.05, 4.69) is 25.7 Å². The lowest BCUT2D eigenvalue weighted by molar-refractivity contribution is -0.147. The molecular formula is C10H19NO2. The molecule has 1 fully saturated rings. The Hall–Kier alpha value is -0.570. The molecule has 13 heavy (non-hydrogen) atoms. The van der Waals surface area contributed by atoms with Crippen molar-refractivity contribution >= 4 is 5.97 Å². The predicted octanol–water partition coefficient (Wildman–Crippen LogP) is 1.28. The average molecular weight is 185 g/mol. The molecule has 1 rings (SSSR count). The molecular weight excluding hydrogens is 166 g/mol. The molecule has 0 radical (unpaired) electrons. The van der Waals surface area contributed by atoms with Crippen molar-refractivity contribution in [2.75, 3.05) is 13.7 Å². The fraction of sp³-hybridized carbons (Fsp3) is 0.900. The lowest BCUT2D eigenvalue weighted by Gasteiger charge is -2.27. The van der Waals surface area contributed by atoms with Crippen LogP contribution >= 0.6 is 0 Å². The molecule has 2 unspecified atom stereocenters. The maximum atomic E-state index is 11.5. The number of carbonyl (C=O) groups is 1. The Labute approximate surface area is 80.1 Å². The first-order valence-electron chi connectivity index (χ1n) is 4.91. The van der Waals surface area contributed by atoms with Crippen molar-refractivity contribution in [2.24, 2.45) is 5.92 Å². The lowest BCUT2D eigenvalue weighted by Crippen LogP contribution is -2.43. The molecule has 0 aliphatic carbocycles. The summed E-state index contributed by atoms with van der Waals surface area (Å²) in [6, 6.07) is 0.402. The van der Waals surface area contributed by atoms with E-state index in [-0.39, 0.29) is 12.0 Å². The van der Waals surface area contributed by atoms with E-state index in [1.807, 2.05) is 0 Å². The SMILES string of the molecule is COC(=O)C1C(C)CCN1C(C)C. The van der Waals surface area contributed by atoms with Gasteiger partial charge in [-0.1, -0.05) is 6.92 Å². The van der Waals surface area contributed by atoms with Crippen molar-refractivity contribution in [1.82, 2.24) is 4.90 Å². The highest BCUT2D eigenvalue weighted by Crippen LogP contribution is 2.26. The van der Waals surface area contributed by atoms with Crippen molar-refractivity contribution in [3.8, 4) is 0 Å². The van der Waals surface area contributed by atoms with Crippen LogP contribution in [-0.2, 0) is 9.53 Å². The minimum atomic E-state index is -0.0845. The normalized spacial score (nSPS) is 29.6. The first kappa shape index (κ1) is 10.5.